The highest BCUT2D eigenvalue weighted by atomic mass is 35.5. The maximum absolute atomic E-state index is 14.3. The van der Waals surface area contributed by atoms with Crippen LogP contribution in [0.3, 0.4) is 0 Å². The van der Waals surface area contributed by atoms with Crippen molar-refractivity contribution in [3.05, 3.63) is 129 Å². The zero-order valence-electron chi connectivity index (χ0n) is 23.5. The molecule has 4 aromatic rings. The second kappa shape index (κ2) is 14.3. The van der Waals surface area contributed by atoms with E-state index in [-0.39, 0.29) is 33.6 Å². The van der Waals surface area contributed by atoms with Crippen molar-refractivity contribution in [1.82, 2.24) is 10.2 Å². The molecule has 0 fully saturated rings. The molecule has 0 unspecified atom stereocenters. The van der Waals surface area contributed by atoms with Crippen LogP contribution in [0.15, 0.2) is 102 Å². The van der Waals surface area contributed by atoms with E-state index in [4.69, 9.17) is 34.8 Å². The number of carbonyl (C=O) groups is 2. The number of rotatable bonds is 11. The van der Waals surface area contributed by atoms with E-state index in [1.807, 2.05) is 37.3 Å². The van der Waals surface area contributed by atoms with Crippen molar-refractivity contribution in [2.45, 2.75) is 30.8 Å². The van der Waals surface area contributed by atoms with Gasteiger partial charge in [-0.15, -0.1) is 0 Å². The normalized spacial score (nSPS) is 11.9. The molecule has 4 aromatic carbocycles. The molecule has 0 heterocycles. The number of nitrogens with zero attached hydrogens (tertiary/aromatic N) is 2. The third-order valence-electron chi connectivity index (χ3n) is 6.81. The van der Waals surface area contributed by atoms with Gasteiger partial charge in [0.2, 0.25) is 11.8 Å². The number of likely N-dealkylation sites (N-methyl/N-ethyl adjacent to an activating group) is 1. The lowest BCUT2D eigenvalue weighted by atomic mass is 10.0. The van der Waals surface area contributed by atoms with Crippen LogP contribution in [-0.4, -0.2) is 44.8 Å². The summed E-state index contributed by atoms with van der Waals surface area (Å²) in [6, 6.07) is 25.8. The van der Waals surface area contributed by atoms with Crippen molar-refractivity contribution in [3.8, 4) is 0 Å². The predicted molar refractivity (Wildman–Crippen MR) is 172 cm³/mol. The molecular formula is C32H30Cl3N3O4S. The third-order valence-corrected chi connectivity index (χ3v) is 9.28. The van der Waals surface area contributed by atoms with Gasteiger partial charge in [0, 0.05) is 35.1 Å². The molecular weight excluding hydrogens is 629 g/mol. The topological polar surface area (TPSA) is 86.8 Å². The Morgan fingerprint density at radius 1 is 0.791 bits per heavy atom. The maximum Gasteiger partial charge on any atom is 0.264 e. The van der Waals surface area contributed by atoms with Gasteiger partial charge in [-0.2, -0.15) is 0 Å². The molecule has 0 saturated heterocycles. The molecule has 224 valence electrons. The smallest absolute Gasteiger partial charge is 0.264 e. The highest BCUT2D eigenvalue weighted by Gasteiger charge is 2.34. The van der Waals surface area contributed by atoms with Gasteiger partial charge in [-0.25, -0.2) is 8.42 Å². The molecule has 0 aliphatic carbocycles. The van der Waals surface area contributed by atoms with Crippen molar-refractivity contribution < 1.29 is 18.0 Å². The van der Waals surface area contributed by atoms with Gasteiger partial charge in [0.05, 0.1) is 10.6 Å². The van der Waals surface area contributed by atoms with Crippen molar-refractivity contribution >= 4 is 62.3 Å². The lowest BCUT2D eigenvalue weighted by Gasteiger charge is -2.33. The van der Waals surface area contributed by atoms with Crippen LogP contribution in [0.2, 0.25) is 15.1 Å². The lowest BCUT2D eigenvalue weighted by molar-refractivity contribution is -0.139. The molecule has 4 rings (SSSR count). The highest BCUT2D eigenvalue weighted by Crippen LogP contribution is 2.30. The molecule has 11 heteroatoms. The molecule has 0 bridgehead atoms. The molecule has 0 saturated carbocycles. The van der Waals surface area contributed by atoms with Crippen molar-refractivity contribution in [3.63, 3.8) is 0 Å². The molecule has 0 aliphatic rings. The SMILES string of the molecule is CNC(=O)[C@H](Cc1ccccc1)N(Cc1ccc(Cl)cc1)C(=O)CN(c1cc(Cl)cc(Cl)c1)S(=O)(=O)c1ccc(C)cc1. The van der Waals surface area contributed by atoms with Crippen LogP contribution in [0, 0.1) is 6.92 Å². The second-order valence-corrected chi connectivity index (χ2v) is 13.1. The molecule has 7 nitrogen and oxygen atoms in total. The van der Waals surface area contributed by atoms with Gasteiger partial charge in [0.15, 0.2) is 0 Å². The molecule has 2 amide bonds. The summed E-state index contributed by atoms with van der Waals surface area (Å²) < 4.78 is 29.1. The predicted octanol–water partition coefficient (Wildman–Crippen LogP) is 6.54. The first kappa shape index (κ1) is 32.4. The monoisotopic (exact) mass is 657 g/mol. The molecule has 43 heavy (non-hydrogen) atoms. The van der Waals surface area contributed by atoms with Gasteiger partial charge >= 0.3 is 0 Å². The summed E-state index contributed by atoms with van der Waals surface area (Å²) in [4.78, 5) is 29.0. The van der Waals surface area contributed by atoms with E-state index in [2.05, 4.69) is 5.32 Å². The van der Waals surface area contributed by atoms with Crippen LogP contribution >= 0.6 is 34.8 Å². The summed E-state index contributed by atoms with van der Waals surface area (Å²) in [5, 5.41) is 3.57. The average molecular weight is 659 g/mol. The standard InChI is InChI=1S/C32H30Cl3N3O4S/c1-22-8-14-29(15-9-22)43(41,42)38(28-18-26(34)17-27(35)19-28)21-31(39)37(20-24-10-12-25(33)13-11-24)30(32(40)36-2)16-23-6-4-3-5-7-23/h3-15,17-19,30H,16,20-21H2,1-2H3,(H,36,40)/t30-/m0/s1. The summed E-state index contributed by atoms with van der Waals surface area (Å²) in [5.74, 6) is -1.00. The van der Waals surface area contributed by atoms with E-state index in [1.165, 1.54) is 42.3 Å². The summed E-state index contributed by atoms with van der Waals surface area (Å²) in [6.45, 7) is 1.24. The van der Waals surface area contributed by atoms with Crippen LogP contribution in [0.5, 0.6) is 0 Å². The number of hydrogen-bond donors (Lipinski definition) is 1. The van der Waals surface area contributed by atoms with E-state index >= 15 is 0 Å². The average Bonchev–Trinajstić information content (AvgIpc) is 2.98. The summed E-state index contributed by atoms with van der Waals surface area (Å²) >= 11 is 18.6. The number of halogens is 3. The molecule has 0 radical (unpaired) electrons. The fourth-order valence-corrected chi connectivity index (χ4v) is 6.59. The third kappa shape index (κ3) is 8.30. The van der Waals surface area contributed by atoms with E-state index < -0.39 is 34.4 Å². The minimum absolute atomic E-state index is 0.0154. The summed E-state index contributed by atoms with van der Waals surface area (Å²) in [6.07, 6.45) is 0.202. The molecule has 0 spiro atoms. The zero-order chi connectivity index (χ0) is 31.1. The Bertz CT molecular complexity index is 1660. The zero-order valence-corrected chi connectivity index (χ0v) is 26.6. The van der Waals surface area contributed by atoms with Gasteiger partial charge in [-0.05, 0) is 60.5 Å². The number of nitrogens with one attached hydrogen (secondary N) is 1. The van der Waals surface area contributed by atoms with Crippen LogP contribution in [0.1, 0.15) is 16.7 Å². The van der Waals surface area contributed by atoms with Gasteiger partial charge in [-0.1, -0.05) is 95.0 Å². The summed E-state index contributed by atoms with van der Waals surface area (Å²) in [5.41, 5.74) is 2.52. The molecule has 1 N–H and O–H groups in total. The minimum Gasteiger partial charge on any atom is -0.357 e. The fourth-order valence-electron chi connectivity index (χ4n) is 4.56. The number of anilines is 1. The Labute approximate surface area is 267 Å². The first-order valence-electron chi connectivity index (χ1n) is 13.3. The molecule has 0 aromatic heterocycles. The minimum atomic E-state index is -4.27. The maximum atomic E-state index is 14.3. The number of carbonyl (C=O) groups excluding carboxylic acids is 2. The van der Waals surface area contributed by atoms with Gasteiger partial charge in [0.25, 0.3) is 10.0 Å². The number of aryl methyl sites for hydroxylation is 1. The van der Waals surface area contributed by atoms with E-state index in [9.17, 15) is 18.0 Å². The van der Waals surface area contributed by atoms with Crippen LogP contribution in [0.4, 0.5) is 5.69 Å². The fraction of sp³-hybridized carbons (Fsp3) is 0.188. The Balaban J connectivity index is 1.80. The van der Waals surface area contributed by atoms with Gasteiger partial charge in [-0.3, -0.25) is 13.9 Å². The lowest BCUT2D eigenvalue weighted by Crippen LogP contribution is -2.53. The summed E-state index contributed by atoms with van der Waals surface area (Å²) in [7, 11) is -2.78. The van der Waals surface area contributed by atoms with Gasteiger partial charge < -0.3 is 10.2 Å². The van der Waals surface area contributed by atoms with Crippen LogP contribution in [-0.2, 0) is 32.6 Å². The van der Waals surface area contributed by atoms with E-state index in [1.54, 1.807) is 36.4 Å². The quantitative estimate of drug-likeness (QED) is 0.198. The first-order chi connectivity index (χ1) is 20.5. The van der Waals surface area contributed by atoms with Crippen molar-refractivity contribution in [1.29, 1.82) is 0 Å². The second-order valence-electron chi connectivity index (χ2n) is 9.92. The van der Waals surface area contributed by atoms with Gasteiger partial charge in [0.1, 0.15) is 12.6 Å². The highest BCUT2D eigenvalue weighted by molar-refractivity contribution is 7.92. The number of sulfonamides is 1. The Morgan fingerprint density at radius 2 is 1.40 bits per heavy atom. The van der Waals surface area contributed by atoms with Crippen LogP contribution < -0.4 is 9.62 Å². The Morgan fingerprint density at radius 3 is 1.98 bits per heavy atom. The van der Waals surface area contributed by atoms with Crippen molar-refractivity contribution in [2.75, 3.05) is 17.9 Å². The largest absolute Gasteiger partial charge is 0.357 e. The van der Waals surface area contributed by atoms with E-state index in [0.29, 0.717) is 10.6 Å². The Kier molecular flexibility index (Phi) is 10.7. The Hall–Kier alpha value is -3.56. The van der Waals surface area contributed by atoms with Crippen molar-refractivity contribution in [2.24, 2.45) is 0 Å². The number of amides is 2. The number of benzene rings is 4. The first-order valence-corrected chi connectivity index (χ1v) is 15.9. The molecule has 0 aliphatic heterocycles. The number of hydrogen-bond acceptors (Lipinski definition) is 4. The molecule has 1 atom stereocenters. The van der Waals surface area contributed by atoms with Crippen LogP contribution in [0.25, 0.3) is 0 Å². The van der Waals surface area contributed by atoms with E-state index in [0.717, 1.165) is 15.4 Å².